The van der Waals surface area contributed by atoms with E-state index in [0.717, 1.165) is 34.2 Å². The second-order valence-corrected chi connectivity index (χ2v) is 5.35. The lowest BCUT2D eigenvalue weighted by Crippen LogP contribution is -2.02. The monoisotopic (exact) mass is 316 g/mol. The Morgan fingerprint density at radius 1 is 1.04 bits per heavy atom. The van der Waals surface area contributed by atoms with Crippen molar-refractivity contribution in [3.63, 3.8) is 0 Å². The van der Waals surface area contributed by atoms with Crippen LogP contribution < -0.4 is 5.43 Å². The molecule has 1 N–H and O–H groups in total. The lowest BCUT2D eigenvalue weighted by Gasteiger charge is -2.02. The van der Waals surface area contributed by atoms with Crippen molar-refractivity contribution in [2.45, 2.75) is 13.5 Å². The van der Waals surface area contributed by atoms with Gasteiger partial charge in [-0.3, -0.25) is 0 Å². The third kappa shape index (κ3) is 2.48. The van der Waals surface area contributed by atoms with Crippen LogP contribution in [0.4, 0.5) is 5.95 Å². The average Bonchev–Trinajstić information content (AvgIpc) is 2.95. The minimum Gasteiger partial charge on any atom is -0.324 e. The van der Waals surface area contributed by atoms with E-state index in [4.69, 9.17) is 0 Å². The fraction of sp³-hybridized carbons (Fsp3) is 0.111. The van der Waals surface area contributed by atoms with Crippen LogP contribution in [0.3, 0.4) is 0 Å². The highest BCUT2D eigenvalue weighted by Gasteiger charge is 2.13. The number of aryl methyl sites for hydroxylation is 1. The van der Waals surface area contributed by atoms with E-state index in [0.29, 0.717) is 5.95 Å². The Hall–Kier alpha value is -3.28. The van der Waals surface area contributed by atoms with Crippen LogP contribution >= 0.6 is 0 Å². The van der Waals surface area contributed by atoms with Gasteiger partial charge in [-0.1, -0.05) is 48.5 Å². The molecule has 0 saturated heterocycles. The Bertz CT molecular complexity index is 1020. The summed E-state index contributed by atoms with van der Waals surface area (Å²) in [5, 5.41) is 13.7. The molecule has 2 aromatic carbocycles. The average molecular weight is 316 g/mol. The van der Waals surface area contributed by atoms with Gasteiger partial charge in [0.15, 0.2) is 5.65 Å². The van der Waals surface area contributed by atoms with E-state index in [1.165, 1.54) is 0 Å². The summed E-state index contributed by atoms with van der Waals surface area (Å²) in [7, 11) is 0. The first-order valence-electron chi connectivity index (χ1n) is 7.82. The van der Waals surface area contributed by atoms with E-state index < -0.39 is 0 Å². The Labute approximate surface area is 138 Å². The molecule has 0 spiro atoms. The Balaban J connectivity index is 1.70. The second kappa shape index (κ2) is 6.08. The first kappa shape index (κ1) is 14.3. The molecule has 0 amide bonds. The number of nitrogens with zero attached hydrogens (tertiary/aromatic N) is 5. The zero-order chi connectivity index (χ0) is 16.4. The number of benzene rings is 2. The van der Waals surface area contributed by atoms with Crippen molar-refractivity contribution in [1.82, 2.24) is 19.7 Å². The zero-order valence-corrected chi connectivity index (χ0v) is 13.2. The van der Waals surface area contributed by atoms with Crippen LogP contribution in [0, 0.1) is 0 Å². The van der Waals surface area contributed by atoms with E-state index in [-0.39, 0.29) is 0 Å². The van der Waals surface area contributed by atoms with Crippen LogP contribution in [0.15, 0.2) is 59.7 Å². The fourth-order valence-corrected chi connectivity index (χ4v) is 2.77. The first-order chi connectivity index (χ1) is 11.9. The summed E-state index contributed by atoms with van der Waals surface area (Å²) in [6.07, 6.45) is 1.73. The van der Waals surface area contributed by atoms with Gasteiger partial charge in [0, 0.05) is 11.9 Å². The van der Waals surface area contributed by atoms with Gasteiger partial charge < -0.3 is 4.57 Å². The van der Waals surface area contributed by atoms with Crippen molar-refractivity contribution in [3.05, 3.63) is 60.2 Å². The van der Waals surface area contributed by atoms with Crippen LogP contribution in [0.1, 0.15) is 12.5 Å². The standard InChI is InChI=1S/C18H16N6/c1-2-24-15-11-7-6-10-14(15)16-17(24)20-18(23-21-16)22-19-12-13-8-4-3-5-9-13/h3-12H,2H2,1H3,(H,20,22,23). The third-order valence-electron chi connectivity index (χ3n) is 3.87. The highest BCUT2D eigenvalue weighted by atomic mass is 15.4. The quantitative estimate of drug-likeness (QED) is 0.462. The van der Waals surface area contributed by atoms with Crippen molar-refractivity contribution in [1.29, 1.82) is 0 Å². The predicted octanol–water partition coefficient (Wildman–Crippen LogP) is 3.45. The smallest absolute Gasteiger partial charge is 0.265 e. The van der Waals surface area contributed by atoms with Gasteiger partial charge in [0.2, 0.25) is 0 Å². The van der Waals surface area contributed by atoms with Gasteiger partial charge in [-0.25, -0.2) is 5.43 Å². The van der Waals surface area contributed by atoms with Crippen LogP contribution in [-0.2, 0) is 6.54 Å². The Morgan fingerprint density at radius 2 is 1.83 bits per heavy atom. The Kier molecular flexibility index (Phi) is 3.63. The summed E-state index contributed by atoms with van der Waals surface area (Å²) in [4.78, 5) is 4.58. The molecule has 0 aliphatic rings. The predicted molar refractivity (Wildman–Crippen MR) is 96.2 cm³/mol. The number of hydrogen-bond donors (Lipinski definition) is 1. The van der Waals surface area contributed by atoms with Gasteiger partial charge in [-0.2, -0.15) is 10.1 Å². The number of rotatable bonds is 4. The maximum Gasteiger partial charge on any atom is 0.265 e. The number of fused-ring (bicyclic) bond motifs is 3. The number of para-hydroxylation sites is 1. The van der Waals surface area contributed by atoms with E-state index in [9.17, 15) is 0 Å². The van der Waals surface area contributed by atoms with E-state index in [1.54, 1.807) is 6.21 Å². The molecule has 0 fully saturated rings. The largest absolute Gasteiger partial charge is 0.324 e. The maximum absolute atomic E-state index is 4.58. The lowest BCUT2D eigenvalue weighted by molar-refractivity contribution is 0.811. The molecule has 0 radical (unpaired) electrons. The van der Waals surface area contributed by atoms with E-state index >= 15 is 0 Å². The normalized spacial score (nSPS) is 11.5. The summed E-state index contributed by atoms with van der Waals surface area (Å²) in [6.45, 7) is 2.91. The molecule has 0 aliphatic heterocycles. The van der Waals surface area contributed by atoms with Crippen molar-refractivity contribution in [2.24, 2.45) is 5.10 Å². The van der Waals surface area contributed by atoms with Crippen LogP contribution in [0.25, 0.3) is 22.1 Å². The maximum atomic E-state index is 4.58. The first-order valence-corrected chi connectivity index (χ1v) is 7.82. The van der Waals surface area contributed by atoms with Gasteiger partial charge in [0.05, 0.1) is 11.7 Å². The van der Waals surface area contributed by atoms with Crippen molar-refractivity contribution >= 4 is 34.2 Å². The molecule has 0 saturated carbocycles. The molecule has 0 bridgehead atoms. The molecule has 2 aromatic heterocycles. The van der Waals surface area contributed by atoms with Gasteiger partial charge in [0.1, 0.15) is 5.52 Å². The fourth-order valence-electron chi connectivity index (χ4n) is 2.77. The minimum atomic E-state index is 0.382. The molecule has 24 heavy (non-hydrogen) atoms. The van der Waals surface area contributed by atoms with Crippen LogP contribution in [-0.4, -0.2) is 26.0 Å². The van der Waals surface area contributed by atoms with Crippen LogP contribution in [0.2, 0.25) is 0 Å². The molecule has 6 nitrogen and oxygen atoms in total. The zero-order valence-electron chi connectivity index (χ0n) is 13.2. The van der Waals surface area contributed by atoms with Crippen LogP contribution in [0.5, 0.6) is 0 Å². The number of nitrogens with one attached hydrogen (secondary N) is 1. The van der Waals surface area contributed by atoms with Crippen molar-refractivity contribution in [3.8, 4) is 0 Å². The van der Waals surface area contributed by atoms with Crippen molar-refractivity contribution in [2.75, 3.05) is 5.43 Å². The summed E-state index contributed by atoms with van der Waals surface area (Å²) in [5.74, 6) is 0.382. The molecule has 6 heteroatoms. The molecule has 118 valence electrons. The molecular formula is C18H16N6. The van der Waals surface area contributed by atoms with Gasteiger partial charge in [-0.05, 0) is 18.6 Å². The minimum absolute atomic E-state index is 0.382. The number of hydrazone groups is 1. The Morgan fingerprint density at radius 3 is 2.67 bits per heavy atom. The molecule has 0 unspecified atom stereocenters. The number of aromatic nitrogens is 4. The summed E-state index contributed by atoms with van der Waals surface area (Å²) < 4.78 is 2.13. The molecular weight excluding hydrogens is 300 g/mol. The van der Waals surface area contributed by atoms with E-state index in [1.807, 2.05) is 48.5 Å². The highest BCUT2D eigenvalue weighted by molar-refractivity contribution is 6.04. The van der Waals surface area contributed by atoms with Gasteiger partial charge in [-0.15, -0.1) is 10.2 Å². The lowest BCUT2D eigenvalue weighted by atomic mass is 10.2. The summed E-state index contributed by atoms with van der Waals surface area (Å²) >= 11 is 0. The topological polar surface area (TPSA) is 68.0 Å². The third-order valence-corrected chi connectivity index (χ3v) is 3.87. The number of hydrogen-bond acceptors (Lipinski definition) is 5. The second-order valence-electron chi connectivity index (χ2n) is 5.35. The number of anilines is 1. The SMILES string of the molecule is CCn1c2ccccc2c2nnc(NN=Cc3ccccc3)nc21. The van der Waals surface area contributed by atoms with E-state index in [2.05, 4.69) is 43.3 Å². The summed E-state index contributed by atoms with van der Waals surface area (Å²) in [6, 6.07) is 18.0. The van der Waals surface area contributed by atoms with Crippen molar-refractivity contribution < 1.29 is 0 Å². The molecule has 4 rings (SSSR count). The van der Waals surface area contributed by atoms with Gasteiger partial charge >= 0.3 is 0 Å². The summed E-state index contributed by atoms with van der Waals surface area (Å²) in [5.41, 5.74) is 6.59. The van der Waals surface area contributed by atoms with Gasteiger partial charge in [0.25, 0.3) is 5.95 Å². The molecule has 2 heterocycles. The molecule has 0 aliphatic carbocycles. The molecule has 4 aromatic rings. The highest BCUT2D eigenvalue weighted by Crippen LogP contribution is 2.25. The molecule has 0 atom stereocenters.